The lowest BCUT2D eigenvalue weighted by molar-refractivity contribution is 0.467. The Morgan fingerprint density at radius 1 is 1.30 bits per heavy atom. The number of thiophene rings is 1. The maximum absolute atomic E-state index is 6.30. The Kier molecular flexibility index (Phi) is 3.11. The van der Waals surface area contributed by atoms with Gasteiger partial charge in [-0.15, -0.1) is 11.3 Å². The molecular weight excluding hydrogens is 288 g/mol. The minimum Gasteiger partial charge on any atom is -0.271 e. The van der Waals surface area contributed by atoms with E-state index in [9.17, 15) is 0 Å². The number of fused-ring (bicyclic) bond motifs is 3. The summed E-state index contributed by atoms with van der Waals surface area (Å²) in [6.07, 6.45) is 2.47. The Labute approximate surface area is 127 Å². The van der Waals surface area contributed by atoms with Crippen LogP contribution in [0.2, 0.25) is 5.02 Å². The van der Waals surface area contributed by atoms with Gasteiger partial charge in [-0.2, -0.15) is 0 Å². The number of halogens is 1. The molecule has 2 aliphatic carbocycles. The van der Waals surface area contributed by atoms with E-state index in [2.05, 4.69) is 29.7 Å². The molecule has 2 aliphatic rings. The van der Waals surface area contributed by atoms with Crippen molar-refractivity contribution in [2.75, 3.05) is 0 Å². The van der Waals surface area contributed by atoms with E-state index in [1.807, 2.05) is 11.4 Å². The third-order valence-electron chi connectivity index (χ3n) is 4.88. The molecule has 1 fully saturated rings. The first-order chi connectivity index (χ1) is 9.81. The van der Waals surface area contributed by atoms with Crippen molar-refractivity contribution in [2.24, 2.45) is 17.7 Å². The van der Waals surface area contributed by atoms with Crippen LogP contribution in [0.15, 0.2) is 35.7 Å². The number of aryl methyl sites for hydroxylation is 1. The Hall–Kier alpha value is -0.870. The highest BCUT2D eigenvalue weighted by Crippen LogP contribution is 2.64. The van der Waals surface area contributed by atoms with Crippen LogP contribution in [0.4, 0.5) is 0 Å². The second-order valence-electron chi connectivity index (χ2n) is 5.78. The van der Waals surface area contributed by atoms with Crippen molar-refractivity contribution in [1.29, 1.82) is 0 Å². The Morgan fingerprint density at radius 2 is 2.15 bits per heavy atom. The summed E-state index contributed by atoms with van der Waals surface area (Å²) in [5, 5.41) is 2.89. The molecule has 2 nitrogen and oxygen atoms in total. The molecule has 0 radical (unpaired) electrons. The highest BCUT2D eigenvalue weighted by Gasteiger charge is 2.56. The van der Waals surface area contributed by atoms with E-state index in [-0.39, 0.29) is 6.04 Å². The SMILES string of the molecule is NNC(c1sccc1Cl)C1C2CCc3ccccc3C21. The molecule has 3 N–H and O–H groups in total. The van der Waals surface area contributed by atoms with E-state index in [4.69, 9.17) is 17.4 Å². The predicted octanol–water partition coefficient (Wildman–Crippen LogP) is 3.88. The smallest absolute Gasteiger partial charge is 0.0605 e. The number of hydrazine groups is 1. The van der Waals surface area contributed by atoms with Crippen molar-refractivity contribution < 1.29 is 0 Å². The van der Waals surface area contributed by atoms with E-state index in [1.165, 1.54) is 28.8 Å². The van der Waals surface area contributed by atoms with Gasteiger partial charge in [0.05, 0.1) is 11.1 Å². The van der Waals surface area contributed by atoms with E-state index in [1.54, 1.807) is 11.3 Å². The quantitative estimate of drug-likeness (QED) is 0.667. The molecule has 0 spiro atoms. The second kappa shape index (κ2) is 4.85. The highest BCUT2D eigenvalue weighted by atomic mass is 35.5. The zero-order valence-corrected chi connectivity index (χ0v) is 12.6. The summed E-state index contributed by atoms with van der Waals surface area (Å²) in [7, 11) is 0. The first kappa shape index (κ1) is 12.8. The molecule has 0 saturated heterocycles. The Morgan fingerprint density at radius 3 is 2.90 bits per heavy atom. The van der Waals surface area contributed by atoms with Crippen molar-refractivity contribution in [2.45, 2.75) is 24.8 Å². The van der Waals surface area contributed by atoms with Gasteiger partial charge in [-0.1, -0.05) is 35.9 Å². The van der Waals surface area contributed by atoms with Crippen LogP contribution in [0.5, 0.6) is 0 Å². The van der Waals surface area contributed by atoms with Crippen LogP contribution in [0.1, 0.15) is 34.4 Å². The Balaban J connectivity index is 1.67. The van der Waals surface area contributed by atoms with E-state index in [0.29, 0.717) is 11.8 Å². The third-order valence-corrected chi connectivity index (χ3v) is 6.32. The lowest BCUT2D eigenvalue weighted by Gasteiger charge is -2.15. The molecule has 4 rings (SSSR count). The van der Waals surface area contributed by atoms with Crippen molar-refractivity contribution in [3.8, 4) is 0 Å². The van der Waals surface area contributed by atoms with E-state index in [0.717, 1.165) is 10.9 Å². The fourth-order valence-corrected chi connectivity index (χ4v) is 5.26. The van der Waals surface area contributed by atoms with Crippen LogP contribution in [-0.4, -0.2) is 0 Å². The maximum Gasteiger partial charge on any atom is 0.0605 e. The molecule has 1 aromatic carbocycles. The molecule has 104 valence electrons. The minimum absolute atomic E-state index is 0.184. The molecule has 2 aromatic rings. The van der Waals surface area contributed by atoms with Gasteiger partial charge >= 0.3 is 0 Å². The fourth-order valence-electron chi connectivity index (χ4n) is 3.96. The molecule has 1 saturated carbocycles. The molecule has 4 heteroatoms. The molecule has 4 unspecified atom stereocenters. The Bertz CT molecular complexity index is 639. The number of hydrogen-bond acceptors (Lipinski definition) is 3. The van der Waals surface area contributed by atoms with Gasteiger partial charge in [0.25, 0.3) is 0 Å². The van der Waals surface area contributed by atoms with Crippen molar-refractivity contribution in [3.63, 3.8) is 0 Å². The average Bonchev–Trinajstić information content (AvgIpc) is 3.06. The number of nitrogens with two attached hydrogens (primary N) is 1. The number of nitrogens with one attached hydrogen (secondary N) is 1. The van der Waals surface area contributed by atoms with Crippen molar-refractivity contribution in [3.05, 3.63) is 56.7 Å². The van der Waals surface area contributed by atoms with Crippen molar-refractivity contribution in [1.82, 2.24) is 5.43 Å². The molecule has 1 aromatic heterocycles. The topological polar surface area (TPSA) is 38.0 Å². The zero-order chi connectivity index (χ0) is 13.7. The highest BCUT2D eigenvalue weighted by molar-refractivity contribution is 7.10. The standard InChI is InChI=1S/C16H17ClN2S/c17-12-7-8-20-16(12)15(19-18)14-11-6-5-9-3-1-2-4-10(9)13(11)14/h1-4,7-8,11,13-15,19H,5-6,18H2. The van der Waals surface area contributed by atoms with Gasteiger partial charge in [0.15, 0.2) is 0 Å². The van der Waals surface area contributed by atoms with E-state index < -0.39 is 0 Å². The van der Waals surface area contributed by atoms with Crippen molar-refractivity contribution >= 4 is 22.9 Å². The summed E-state index contributed by atoms with van der Waals surface area (Å²) in [6, 6.07) is 11.0. The summed E-state index contributed by atoms with van der Waals surface area (Å²) < 4.78 is 0. The van der Waals surface area contributed by atoms with Gasteiger partial charge in [0.1, 0.15) is 0 Å². The summed E-state index contributed by atoms with van der Waals surface area (Å²) >= 11 is 8.00. The maximum atomic E-state index is 6.30. The molecule has 1 heterocycles. The molecule has 0 bridgehead atoms. The summed E-state index contributed by atoms with van der Waals surface area (Å²) in [4.78, 5) is 1.19. The molecular formula is C16H17ClN2S. The number of hydrogen-bond donors (Lipinski definition) is 2. The summed E-state index contributed by atoms with van der Waals surface area (Å²) in [6.45, 7) is 0. The lowest BCUT2D eigenvalue weighted by atomic mass is 9.92. The van der Waals surface area contributed by atoms with Gasteiger partial charge in [-0.25, -0.2) is 0 Å². The van der Waals surface area contributed by atoms with E-state index >= 15 is 0 Å². The molecule has 0 aliphatic heterocycles. The van der Waals surface area contributed by atoms with Gasteiger partial charge in [-0.05, 0) is 53.2 Å². The molecule has 4 atom stereocenters. The number of rotatable bonds is 3. The molecule has 0 amide bonds. The van der Waals surface area contributed by atoms with Crippen LogP contribution >= 0.6 is 22.9 Å². The summed E-state index contributed by atoms with van der Waals surface area (Å²) in [5.41, 5.74) is 6.07. The van der Waals surface area contributed by atoms with Gasteiger partial charge < -0.3 is 0 Å². The monoisotopic (exact) mass is 304 g/mol. The van der Waals surface area contributed by atoms with Crippen LogP contribution in [0.25, 0.3) is 0 Å². The summed E-state index contributed by atoms with van der Waals surface area (Å²) in [5.74, 6) is 7.84. The van der Waals surface area contributed by atoms with Gasteiger partial charge in [-0.3, -0.25) is 11.3 Å². The van der Waals surface area contributed by atoms with Gasteiger partial charge in [0.2, 0.25) is 0 Å². The van der Waals surface area contributed by atoms with Crippen LogP contribution in [-0.2, 0) is 6.42 Å². The lowest BCUT2D eigenvalue weighted by Crippen LogP contribution is -2.29. The van der Waals surface area contributed by atoms with Crippen LogP contribution in [0.3, 0.4) is 0 Å². The van der Waals surface area contributed by atoms with Gasteiger partial charge in [0, 0.05) is 4.88 Å². The largest absolute Gasteiger partial charge is 0.271 e. The van der Waals surface area contributed by atoms with Crippen LogP contribution in [0, 0.1) is 11.8 Å². The normalized spacial score (nSPS) is 28.6. The number of benzene rings is 1. The average molecular weight is 305 g/mol. The van der Waals surface area contributed by atoms with Crippen LogP contribution < -0.4 is 11.3 Å². The predicted molar refractivity (Wildman–Crippen MR) is 83.9 cm³/mol. The third kappa shape index (κ3) is 1.85. The second-order valence-corrected chi connectivity index (χ2v) is 7.14. The minimum atomic E-state index is 0.184. The fraction of sp³-hybridized carbons (Fsp3) is 0.375. The first-order valence-electron chi connectivity index (χ1n) is 7.08. The zero-order valence-electron chi connectivity index (χ0n) is 11.1. The first-order valence-corrected chi connectivity index (χ1v) is 8.34. The molecule has 20 heavy (non-hydrogen) atoms.